The molecule has 0 saturated carbocycles. The monoisotopic (exact) mass is 322 g/mol. The first-order valence-electron chi connectivity index (χ1n) is 8.53. The largest absolute Gasteiger partial charge is 0.337 e. The summed E-state index contributed by atoms with van der Waals surface area (Å²) in [4.78, 5) is 17.3. The van der Waals surface area contributed by atoms with E-state index in [9.17, 15) is 4.79 Å². The second kappa shape index (κ2) is 7.41. The molecular formula is C20H24N3O+. The highest BCUT2D eigenvalue weighted by molar-refractivity contribution is 5.77. The molecule has 24 heavy (non-hydrogen) atoms. The minimum Gasteiger partial charge on any atom is -0.337 e. The molecule has 0 aliphatic rings. The van der Waals surface area contributed by atoms with Crippen molar-refractivity contribution in [3.63, 3.8) is 0 Å². The number of nitrogens with two attached hydrogens (primary N) is 1. The van der Waals surface area contributed by atoms with Gasteiger partial charge < -0.3 is 5.32 Å². The van der Waals surface area contributed by atoms with Crippen LogP contribution in [0.5, 0.6) is 0 Å². The summed E-state index contributed by atoms with van der Waals surface area (Å²) >= 11 is 0. The van der Waals surface area contributed by atoms with Crippen molar-refractivity contribution in [3.05, 3.63) is 76.3 Å². The average Bonchev–Trinajstić information content (AvgIpc) is 2.63. The SMILES string of the molecule is CC[C@H]([NH2+]CCc1ccccc1)c1nc2ccccc2c(=O)n1C. The van der Waals surface area contributed by atoms with E-state index in [4.69, 9.17) is 4.98 Å². The van der Waals surface area contributed by atoms with Crippen molar-refractivity contribution in [2.24, 2.45) is 7.05 Å². The predicted molar refractivity (Wildman–Crippen MR) is 97.0 cm³/mol. The van der Waals surface area contributed by atoms with Crippen LogP contribution >= 0.6 is 0 Å². The Morgan fingerprint density at radius 3 is 2.54 bits per heavy atom. The molecule has 0 radical (unpaired) electrons. The standard InChI is InChI=1S/C20H23N3O/c1-3-17(21-14-13-15-9-5-4-6-10-15)19-22-18-12-8-7-11-16(18)20(24)23(19)2/h4-12,17,21H,3,13-14H2,1-2H3/p+1/t17-/m0/s1. The third-order valence-electron chi connectivity index (χ3n) is 4.52. The molecular weight excluding hydrogens is 298 g/mol. The Hall–Kier alpha value is -2.46. The summed E-state index contributed by atoms with van der Waals surface area (Å²) in [5.41, 5.74) is 2.15. The van der Waals surface area contributed by atoms with Gasteiger partial charge in [-0.25, -0.2) is 4.98 Å². The molecule has 3 aromatic rings. The highest BCUT2D eigenvalue weighted by atomic mass is 16.1. The van der Waals surface area contributed by atoms with Gasteiger partial charge in [0, 0.05) is 19.9 Å². The van der Waals surface area contributed by atoms with Gasteiger partial charge in [-0.15, -0.1) is 0 Å². The highest BCUT2D eigenvalue weighted by Gasteiger charge is 2.19. The third kappa shape index (κ3) is 3.39. The lowest BCUT2D eigenvalue weighted by molar-refractivity contribution is -0.697. The van der Waals surface area contributed by atoms with Crippen molar-refractivity contribution in [1.82, 2.24) is 9.55 Å². The Morgan fingerprint density at radius 2 is 1.79 bits per heavy atom. The fraction of sp³-hybridized carbons (Fsp3) is 0.300. The lowest BCUT2D eigenvalue weighted by atomic mass is 10.1. The zero-order chi connectivity index (χ0) is 16.9. The molecule has 0 saturated heterocycles. The van der Waals surface area contributed by atoms with E-state index >= 15 is 0 Å². The molecule has 4 heteroatoms. The summed E-state index contributed by atoms with van der Waals surface area (Å²) in [6, 6.07) is 18.2. The second-order valence-corrected chi connectivity index (χ2v) is 6.13. The van der Waals surface area contributed by atoms with Crippen LogP contribution in [-0.2, 0) is 13.5 Å². The van der Waals surface area contributed by atoms with Gasteiger partial charge in [0.2, 0.25) is 0 Å². The van der Waals surface area contributed by atoms with Crippen LogP contribution in [0.1, 0.15) is 30.8 Å². The molecule has 0 bridgehead atoms. The topological polar surface area (TPSA) is 51.5 Å². The maximum Gasteiger partial charge on any atom is 0.261 e. The molecule has 1 aromatic heterocycles. The van der Waals surface area contributed by atoms with Gasteiger partial charge in [-0.1, -0.05) is 49.4 Å². The van der Waals surface area contributed by atoms with Crippen LogP contribution in [0.15, 0.2) is 59.4 Å². The Kier molecular flexibility index (Phi) is 5.06. The number of quaternary nitrogens is 1. The van der Waals surface area contributed by atoms with E-state index in [-0.39, 0.29) is 11.6 Å². The van der Waals surface area contributed by atoms with Crippen molar-refractivity contribution >= 4 is 10.9 Å². The molecule has 4 nitrogen and oxygen atoms in total. The van der Waals surface area contributed by atoms with Gasteiger partial charge >= 0.3 is 0 Å². The quantitative estimate of drug-likeness (QED) is 0.756. The van der Waals surface area contributed by atoms with Crippen LogP contribution in [0.4, 0.5) is 0 Å². The first kappa shape index (κ1) is 16.4. The van der Waals surface area contributed by atoms with Crippen LogP contribution < -0.4 is 10.9 Å². The van der Waals surface area contributed by atoms with E-state index in [2.05, 4.69) is 36.5 Å². The van der Waals surface area contributed by atoms with E-state index in [1.807, 2.05) is 37.4 Å². The van der Waals surface area contributed by atoms with E-state index in [1.54, 1.807) is 4.57 Å². The number of aromatic nitrogens is 2. The normalized spacial score (nSPS) is 12.4. The smallest absolute Gasteiger partial charge is 0.261 e. The maximum absolute atomic E-state index is 12.6. The van der Waals surface area contributed by atoms with Gasteiger partial charge in [0.25, 0.3) is 5.56 Å². The van der Waals surface area contributed by atoms with Gasteiger partial charge in [0.15, 0.2) is 5.82 Å². The first-order valence-corrected chi connectivity index (χ1v) is 8.53. The van der Waals surface area contributed by atoms with E-state index in [0.29, 0.717) is 5.39 Å². The molecule has 0 aliphatic heterocycles. The molecule has 1 atom stereocenters. The van der Waals surface area contributed by atoms with Gasteiger partial charge in [0.1, 0.15) is 6.04 Å². The molecule has 2 aromatic carbocycles. The van der Waals surface area contributed by atoms with Crippen molar-refractivity contribution in [1.29, 1.82) is 0 Å². The Bertz CT molecular complexity index is 871. The molecule has 1 heterocycles. The molecule has 0 amide bonds. The Balaban J connectivity index is 1.81. The molecule has 2 N–H and O–H groups in total. The molecule has 0 aliphatic carbocycles. The molecule has 0 fully saturated rings. The fourth-order valence-electron chi connectivity index (χ4n) is 3.12. The van der Waals surface area contributed by atoms with E-state index in [0.717, 1.165) is 30.7 Å². The van der Waals surface area contributed by atoms with E-state index < -0.39 is 0 Å². The minimum atomic E-state index is 0.0329. The van der Waals surface area contributed by atoms with Crippen LogP contribution in [0.25, 0.3) is 10.9 Å². The van der Waals surface area contributed by atoms with Crippen molar-refractivity contribution < 1.29 is 5.32 Å². The number of rotatable bonds is 6. The van der Waals surface area contributed by atoms with Gasteiger partial charge in [-0.05, 0) is 17.7 Å². The van der Waals surface area contributed by atoms with Crippen LogP contribution in [-0.4, -0.2) is 16.1 Å². The summed E-state index contributed by atoms with van der Waals surface area (Å²) in [6.07, 6.45) is 1.95. The summed E-state index contributed by atoms with van der Waals surface area (Å²) < 4.78 is 1.70. The number of benzene rings is 2. The summed E-state index contributed by atoms with van der Waals surface area (Å²) in [5, 5.41) is 2.98. The number of para-hydroxylation sites is 1. The lowest BCUT2D eigenvalue weighted by Gasteiger charge is -2.17. The second-order valence-electron chi connectivity index (χ2n) is 6.13. The number of nitrogens with zero attached hydrogens (tertiary/aromatic N) is 2. The summed E-state index contributed by atoms with van der Waals surface area (Å²) in [6.45, 7) is 3.12. The third-order valence-corrected chi connectivity index (χ3v) is 4.52. The number of hydrogen-bond acceptors (Lipinski definition) is 2. The average molecular weight is 322 g/mol. The Morgan fingerprint density at radius 1 is 1.08 bits per heavy atom. The summed E-state index contributed by atoms with van der Waals surface area (Å²) in [7, 11) is 1.82. The molecule has 0 unspecified atom stereocenters. The first-order chi connectivity index (χ1) is 11.7. The molecule has 3 rings (SSSR count). The maximum atomic E-state index is 12.6. The van der Waals surface area contributed by atoms with Gasteiger partial charge in [-0.2, -0.15) is 0 Å². The van der Waals surface area contributed by atoms with Crippen LogP contribution in [0.3, 0.4) is 0 Å². The van der Waals surface area contributed by atoms with E-state index in [1.165, 1.54) is 5.56 Å². The minimum absolute atomic E-state index is 0.0329. The van der Waals surface area contributed by atoms with Crippen molar-refractivity contribution in [2.75, 3.05) is 6.54 Å². The van der Waals surface area contributed by atoms with Crippen LogP contribution in [0.2, 0.25) is 0 Å². The van der Waals surface area contributed by atoms with Crippen molar-refractivity contribution in [2.45, 2.75) is 25.8 Å². The van der Waals surface area contributed by atoms with Crippen molar-refractivity contribution in [3.8, 4) is 0 Å². The lowest BCUT2D eigenvalue weighted by Crippen LogP contribution is -2.86. The van der Waals surface area contributed by atoms with Crippen LogP contribution in [0, 0.1) is 0 Å². The number of fused-ring (bicyclic) bond motifs is 1. The molecule has 0 spiro atoms. The number of hydrogen-bond donors (Lipinski definition) is 1. The van der Waals surface area contributed by atoms with Gasteiger partial charge in [-0.3, -0.25) is 9.36 Å². The Labute approximate surface area is 142 Å². The summed E-state index contributed by atoms with van der Waals surface area (Å²) in [5.74, 6) is 0.856. The van der Waals surface area contributed by atoms with Gasteiger partial charge in [0.05, 0.1) is 17.4 Å². The molecule has 124 valence electrons. The zero-order valence-corrected chi connectivity index (χ0v) is 14.3. The zero-order valence-electron chi connectivity index (χ0n) is 14.3. The highest BCUT2D eigenvalue weighted by Crippen LogP contribution is 2.12. The fourth-order valence-corrected chi connectivity index (χ4v) is 3.12. The predicted octanol–water partition coefficient (Wildman–Crippen LogP) is 2.19.